The summed E-state index contributed by atoms with van der Waals surface area (Å²) in [5.41, 5.74) is 3.21. The van der Waals surface area contributed by atoms with Gasteiger partial charge in [-0.1, -0.05) is 23.7 Å². The van der Waals surface area contributed by atoms with Crippen molar-refractivity contribution in [1.82, 2.24) is 4.98 Å². The molecule has 0 aliphatic rings. The number of thiophene rings is 1. The SMILES string of the molecule is Cc1nc2ccsc2c(-c2ccc(Cl)cc2)c1[C@H](OC(C)(C)C)C(=O)O. The van der Waals surface area contributed by atoms with Crippen LogP contribution >= 0.6 is 22.9 Å². The van der Waals surface area contributed by atoms with Crippen LogP contribution in [-0.2, 0) is 9.53 Å². The number of aromatic nitrogens is 1. The molecule has 0 saturated carbocycles. The van der Waals surface area contributed by atoms with Gasteiger partial charge in [0.25, 0.3) is 0 Å². The van der Waals surface area contributed by atoms with Gasteiger partial charge in [-0.3, -0.25) is 4.98 Å². The third-order valence-corrected chi connectivity index (χ3v) is 5.08. The van der Waals surface area contributed by atoms with E-state index in [0.29, 0.717) is 16.3 Å². The Morgan fingerprint density at radius 3 is 2.46 bits per heavy atom. The number of pyridine rings is 1. The van der Waals surface area contributed by atoms with E-state index < -0.39 is 17.7 Å². The fourth-order valence-corrected chi connectivity index (χ4v) is 3.97. The van der Waals surface area contributed by atoms with Crippen molar-refractivity contribution in [3.63, 3.8) is 0 Å². The molecule has 0 bridgehead atoms. The van der Waals surface area contributed by atoms with Gasteiger partial charge in [0.15, 0.2) is 6.10 Å². The van der Waals surface area contributed by atoms with E-state index in [4.69, 9.17) is 16.3 Å². The first-order valence-electron chi connectivity index (χ1n) is 8.21. The summed E-state index contributed by atoms with van der Waals surface area (Å²) in [7, 11) is 0. The first-order valence-corrected chi connectivity index (χ1v) is 9.47. The Hall–Kier alpha value is -1.95. The van der Waals surface area contributed by atoms with Gasteiger partial charge in [0.2, 0.25) is 0 Å². The number of hydrogen-bond acceptors (Lipinski definition) is 4. The quantitative estimate of drug-likeness (QED) is 0.606. The summed E-state index contributed by atoms with van der Waals surface area (Å²) in [6.45, 7) is 7.36. The fourth-order valence-electron chi connectivity index (χ4n) is 2.93. The smallest absolute Gasteiger partial charge is 0.337 e. The van der Waals surface area contributed by atoms with Crippen LogP contribution in [0.4, 0.5) is 0 Å². The van der Waals surface area contributed by atoms with Crippen LogP contribution in [0.3, 0.4) is 0 Å². The number of carboxylic acids is 1. The molecule has 1 aromatic carbocycles. The molecule has 3 aromatic rings. The van der Waals surface area contributed by atoms with E-state index in [2.05, 4.69) is 4.98 Å². The van der Waals surface area contributed by atoms with E-state index in [1.165, 1.54) is 11.3 Å². The molecule has 2 heterocycles. The molecule has 0 amide bonds. The molecule has 6 heteroatoms. The van der Waals surface area contributed by atoms with Gasteiger partial charge in [0.1, 0.15) is 0 Å². The van der Waals surface area contributed by atoms with Crippen molar-refractivity contribution in [1.29, 1.82) is 0 Å². The second-order valence-electron chi connectivity index (χ2n) is 7.08. The van der Waals surface area contributed by atoms with Crippen molar-refractivity contribution in [2.24, 2.45) is 0 Å². The van der Waals surface area contributed by atoms with Crippen molar-refractivity contribution >= 4 is 39.1 Å². The lowest BCUT2D eigenvalue weighted by Crippen LogP contribution is -2.28. The average Bonchev–Trinajstić information content (AvgIpc) is 2.99. The largest absolute Gasteiger partial charge is 0.479 e. The number of carboxylic acid groups (broad SMARTS) is 1. The molecule has 3 rings (SSSR count). The Morgan fingerprint density at radius 1 is 1.23 bits per heavy atom. The molecular weight excluding hydrogens is 370 g/mol. The minimum atomic E-state index is -1.11. The topological polar surface area (TPSA) is 59.4 Å². The van der Waals surface area contributed by atoms with E-state index in [1.54, 1.807) is 12.1 Å². The number of aryl methyl sites for hydroxylation is 1. The van der Waals surface area contributed by atoms with E-state index >= 15 is 0 Å². The second-order valence-corrected chi connectivity index (χ2v) is 8.43. The third kappa shape index (κ3) is 3.75. The molecular formula is C20H20ClNO3S. The zero-order valence-corrected chi connectivity index (χ0v) is 16.6. The van der Waals surface area contributed by atoms with Crippen molar-refractivity contribution in [2.75, 3.05) is 0 Å². The molecule has 26 heavy (non-hydrogen) atoms. The van der Waals surface area contributed by atoms with Gasteiger partial charge >= 0.3 is 5.97 Å². The van der Waals surface area contributed by atoms with Crippen molar-refractivity contribution in [2.45, 2.75) is 39.4 Å². The summed E-state index contributed by atoms with van der Waals surface area (Å²) >= 11 is 7.58. The summed E-state index contributed by atoms with van der Waals surface area (Å²) in [5.74, 6) is -1.03. The maximum atomic E-state index is 12.1. The maximum Gasteiger partial charge on any atom is 0.337 e. The van der Waals surface area contributed by atoms with Gasteiger partial charge in [-0.05, 0) is 56.8 Å². The minimum absolute atomic E-state index is 0.588. The van der Waals surface area contributed by atoms with Gasteiger partial charge in [-0.2, -0.15) is 0 Å². The lowest BCUT2D eigenvalue weighted by Gasteiger charge is -2.27. The third-order valence-electron chi connectivity index (χ3n) is 3.91. The molecule has 4 nitrogen and oxygen atoms in total. The number of rotatable bonds is 4. The molecule has 0 saturated heterocycles. The Labute approximate surface area is 161 Å². The van der Waals surface area contributed by atoms with Gasteiger partial charge in [-0.25, -0.2) is 4.79 Å². The monoisotopic (exact) mass is 389 g/mol. The van der Waals surface area contributed by atoms with Gasteiger partial charge in [0, 0.05) is 21.8 Å². The molecule has 1 atom stereocenters. The molecule has 0 aliphatic heterocycles. The van der Waals surface area contributed by atoms with E-state index in [9.17, 15) is 9.90 Å². The average molecular weight is 390 g/mol. The molecule has 136 valence electrons. The zero-order chi connectivity index (χ0) is 19.1. The van der Waals surface area contributed by atoms with Crippen LogP contribution in [0.1, 0.15) is 38.1 Å². The Morgan fingerprint density at radius 2 is 1.88 bits per heavy atom. The Kier molecular flexibility index (Phi) is 5.06. The van der Waals surface area contributed by atoms with Crippen LogP contribution in [0, 0.1) is 6.92 Å². The van der Waals surface area contributed by atoms with Crippen LogP contribution in [0.15, 0.2) is 35.7 Å². The van der Waals surface area contributed by atoms with Crippen molar-refractivity contribution in [3.8, 4) is 11.1 Å². The lowest BCUT2D eigenvalue weighted by atomic mass is 9.94. The van der Waals surface area contributed by atoms with E-state index in [0.717, 1.165) is 21.3 Å². The zero-order valence-electron chi connectivity index (χ0n) is 15.0. The first kappa shape index (κ1) is 18.8. The number of carbonyl (C=O) groups is 1. The fraction of sp³-hybridized carbons (Fsp3) is 0.300. The predicted octanol–water partition coefficient (Wildman–Crippen LogP) is 5.87. The maximum absolute atomic E-state index is 12.1. The number of hydrogen-bond donors (Lipinski definition) is 1. The number of benzene rings is 1. The summed E-state index contributed by atoms with van der Waals surface area (Å²) in [4.78, 5) is 16.7. The molecule has 1 N–H and O–H groups in total. The number of aliphatic carboxylic acids is 1. The van der Waals surface area contributed by atoms with Gasteiger partial charge < -0.3 is 9.84 Å². The Balaban J connectivity index is 2.33. The summed E-state index contributed by atoms with van der Waals surface area (Å²) in [5, 5.41) is 12.5. The predicted molar refractivity (Wildman–Crippen MR) is 106 cm³/mol. The summed E-state index contributed by atoms with van der Waals surface area (Å²) in [6, 6.07) is 9.34. The second kappa shape index (κ2) is 6.99. The number of ether oxygens (including phenoxy) is 1. The highest BCUT2D eigenvalue weighted by Gasteiger charge is 2.32. The highest BCUT2D eigenvalue weighted by Crippen LogP contribution is 2.41. The van der Waals surface area contributed by atoms with E-state index in [-0.39, 0.29) is 0 Å². The highest BCUT2D eigenvalue weighted by molar-refractivity contribution is 7.17. The van der Waals surface area contributed by atoms with E-state index in [1.807, 2.05) is 51.3 Å². The normalized spacial score (nSPS) is 13.1. The van der Waals surface area contributed by atoms with Crippen LogP contribution in [0.2, 0.25) is 5.02 Å². The molecule has 0 unspecified atom stereocenters. The number of fused-ring (bicyclic) bond motifs is 1. The highest BCUT2D eigenvalue weighted by atomic mass is 35.5. The van der Waals surface area contributed by atoms with Gasteiger partial charge in [-0.15, -0.1) is 11.3 Å². The summed E-state index contributed by atoms with van der Waals surface area (Å²) in [6.07, 6.45) is -1.11. The first-order chi connectivity index (χ1) is 12.2. The van der Waals surface area contributed by atoms with Gasteiger partial charge in [0.05, 0.1) is 15.8 Å². The molecule has 0 fully saturated rings. The minimum Gasteiger partial charge on any atom is -0.479 e. The van der Waals surface area contributed by atoms with Crippen molar-refractivity contribution in [3.05, 3.63) is 52.0 Å². The Bertz CT molecular complexity index is 958. The molecule has 0 radical (unpaired) electrons. The summed E-state index contributed by atoms with van der Waals surface area (Å²) < 4.78 is 6.86. The van der Waals surface area contributed by atoms with Crippen LogP contribution in [-0.4, -0.2) is 21.7 Å². The number of nitrogens with zero attached hydrogens (tertiary/aromatic N) is 1. The number of halogens is 1. The molecule has 0 spiro atoms. The molecule has 0 aliphatic carbocycles. The lowest BCUT2D eigenvalue weighted by molar-refractivity contribution is -0.160. The van der Waals surface area contributed by atoms with Crippen LogP contribution in [0.25, 0.3) is 21.3 Å². The van der Waals surface area contributed by atoms with Crippen molar-refractivity contribution < 1.29 is 14.6 Å². The van der Waals surface area contributed by atoms with Crippen LogP contribution in [0.5, 0.6) is 0 Å². The molecule has 2 aromatic heterocycles. The van der Waals surface area contributed by atoms with Crippen LogP contribution < -0.4 is 0 Å². The standard InChI is InChI=1S/C20H20ClNO3S/c1-11-15(17(19(23)24)25-20(2,3)4)16(12-5-7-13(21)8-6-12)18-14(22-11)9-10-26-18/h5-10,17H,1-4H3,(H,23,24)/t17-/m0/s1.